The number of Topliss-reactive ketones (excluding diaryl/α,β-unsaturated/α-hetero) is 1. The van der Waals surface area contributed by atoms with Gasteiger partial charge in [-0.1, -0.05) is 24.3 Å². The van der Waals surface area contributed by atoms with E-state index in [-0.39, 0.29) is 11.6 Å². The van der Waals surface area contributed by atoms with Crippen molar-refractivity contribution in [3.05, 3.63) is 71.0 Å². The van der Waals surface area contributed by atoms with Crippen LogP contribution in [-0.4, -0.2) is 30.8 Å². The molecule has 2 aromatic rings. The van der Waals surface area contributed by atoms with Crippen molar-refractivity contribution in [2.75, 3.05) is 20.1 Å². The van der Waals surface area contributed by atoms with E-state index >= 15 is 0 Å². The molecule has 0 N–H and O–H groups in total. The summed E-state index contributed by atoms with van der Waals surface area (Å²) in [6, 6.07) is 14.1. The molecule has 2 aromatic carbocycles. The number of carbonyl (C=O) groups is 1. The second kappa shape index (κ2) is 7.71. The molecule has 0 bridgehead atoms. The van der Waals surface area contributed by atoms with Crippen LogP contribution in [0.1, 0.15) is 34.3 Å². The number of rotatable bonds is 5. The van der Waals surface area contributed by atoms with E-state index in [1.807, 2.05) is 12.1 Å². The topological polar surface area (TPSA) is 20.3 Å². The number of halogens is 1. The van der Waals surface area contributed by atoms with E-state index in [1.54, 1.807) is 12.1 Å². The van der Waals surface area contributed by atoms with Gasteiger partial charge in [-0.15, -0.1) is 0 Å². The SMILES string of the molecule is CN1CCC(Cc2cccc(CC(=O)c3ccc(F)cc3)c2)CC1. The minimum atomic E-state index is -0.313. The first-order valence-corrected chi connectivity index (χ1v) is 8.65. The molecule has 1 saturated heterocycles. The third-order valence-corrected chi connectivity index (χ3v) is 4.88. The second-order valence-corrected chi connectivity index (χ2v) is 6.88. The molecule has 1 aliphatic rings. The Kier molecular flexibility index (Phi) is 5.41. The Labute approximate surface area is 143 Å². The number of nitrogens with zero attached hydrogens (tertiary/aromatic N) is 1. The lowest BCUT2D eigenvalue weighted by Crippen LogP contribution is -2.30. The highest BCUT2D eigenvalue weighted by molar-refractivity contribution is 5.97. The highest BCUT2D eigenvalue weighted by atomic mass is 19.1. The number of benzene rings is 2. The zero-order valence-electron chi connectivity index (χ0n) is 14.2. The maximum Gasteiger partial charge on any atom is 0.167 e. The molecule has 3 rings (SSSR count). The Hall–Kier alpha value is -2.00. The summed E-state index contributed by atoms with van der Waals surface area (Å²) in [4.78, 5) is 14.7. The third kappa shape index (κ3) is 4.51. The van der Waals surface area contributed by atoms with Crippen LogP contribution in [0.5, 0.6) is 0 Å². The highest BCUT2D eigenvalue weighted by Gasteiger charge is 2.17. The molecule has 0 aliphatic carbocycles. The standard InChI is InChI=1S/C21H24FNO/c1-23-11-9-16(10-12-23)13-17-3-2-4-18(14-17)15-21(24)19-5-7-20(22)8-6-19/h2-8,14,16H,9-13,15H2,1H3. The van der Waals surface area contributed by atoms with Crippen LogP contribution < -0.4 is 0 Å². The zero-order valence-corrected chi connectivity index (χ0v) is 14.2. The molecular formula is C21H24FNO. The van der Waals surface area contributed by atoms with Crippen molar-refractivity contribution in [2.24, 2.45) is 5.92 Å². The second-order valence-electron chi connectivity index (χ2n) is 6.88. The molecule has 0 saturated carbocycles. The maximum atomic E-state index is 13.0. The zero-order chi connectivity index (χ0) is 16.9. The summed E-state index contributed by atoms with van der Waals surface area (Å²) < 4.78 is 13.0. The van der Waals surface area contributed by atoms with Crippen molar-refractivity contribution in [2.45, 2.75) is 25.7 Å². The van der Waals surface area contributed by atoms with Crippen LogP contribution >= 0.6 is 0 Å². The van der Waals surface area contributed by atoms with Gasteiger partial charge in [0.05, 0.1) is 0 Å². The van der Waals surface area contributed by atoms with Gasteiger partial charge >= 0.3 is 0 Å². The van der Waals surface area contributed by atoms with E-state index < -0.39 is 0 Å². The lowest BCUT2D eigenvalue weighted by Gasteiger charge is -2.29. The molecule has 1 heterocycles. The fourth-order valence-corrected chi connectivity index (χ4v) is 3.39. The van der Waals surface area contributed by atoms with E-state index in [4.69, 9.17) is 0 Å². The molecule has 0 amide bonds. The van der Waals surface area contributed by atoms with E-state index in [1.165, 1.54) is 43.6 Å². The monoisotopic (exact) mass is 325 g/mol. The molecule has 0 radical (unpaired) electrons. The Bertz CT molecular complexity index is 687. The average Bonchev–Trinajstić information content (AvgIpc) is 2.58. The Balaban J connectivity index is 1.62. The first kappa shape index (κ1) is 16.8. The summed E-state index contributed by atoms with van der Waals surface area (Å²) in [5.41, 5.74) is 2.92. The quantitative estimate of drug-likeness (QED) is 0.770. The number of hydrogen-bond acceptors (Lipinski definition) is 2. The van der Waals surface area contributed by atoms with Crippen LogP contribution in [0.4, 0.5) is 4.39 Å². The minimum Gasteiger partial charge on any atom is -0.306 e. The van der Waals surface area contributed by atoms with Gasteiger partial charge in [-0.2, -0.15) is 0 Å². The predicted octanol–water partition coefficient (Wildman–Crippen LogP) is 4.14. The van der Waals surface area contributed by atoms with Crippen molar-refractivity contribution in [3.63, 3.8) is 0 Å². The van der Waals surface area contributed by atoms with Gasteiger partial charge in [0.15, 0.2) is 5.78 Å². The summed E-state index contributed by atoms with van der Waals surface area (Å²) in [6.07, 6.45) is 3.95. The molecule has 1 fully saturated rings. The molecule has 1 aliphatic heterocycles. The lowest BCUT2D eigenvalue weighted by molar-refractivity contribution is 0.0993. The van der Waals surface area contributed by atoms with Crippen molar-refractivity contribution >= 4 is 5.78 Å². The molecule has 0 unspecified atom stereocenters. The first-order valence-electron chi connectivity index (χ1n) is 8.65. The van der Waals surface area contributed by atoms with Gasteiger partial charge in [-0.3, -0.25) is 4.79 Å². The van der Waals surface area contributed by atoms with Gasteiger partial charge in [0, 0.05) is 12.0 Å². The van der Waals surface area contributed by atoms with Crippen LogP contribution in [-0.2, 0) is 12.8 Å². The first-order chi connectivity index (χ1) is 11.6. The largest absolute Gasteiger partial charge is 0.306 e. The Morgan fingerprint density at radius 3 is 2.46 bits per heavy atom. The lowest BCUT2D eigenvalue weighted by atomic mass is 9.89. The van der Waals surface area contributed by atoms with E-state index in [0.29, 0.717) is 12.0 Å². The third-order valence-electron chi connectivity index (χ3n) is 4.88. The number of hydrogen-bond donors (Lipinski definition) is 0. The van der Waals surface area contributed by atoms with Gasteiger partial charge in [0.25, 0.3) is 0 Å². The van der Waals surface area contributed by atoms with E-state index in [0.717, 1.165) is 17.9 Å². The Morgan fingerprint density at radius 2 is 1.75 bits per heavy atom. The van der Waals surface area contributed by atoms with Gasteiger partial charge in [-0.05, 0) is 80.7 Å². The highest BCUT2D eigenvalue weighted by Crippen LogP contribution is 2.21. The molecule has 126 valence electrons. The number of piperidine rings is 1. The smallest absolute Gasteiger partial charge is 0.167 e. The van der Waals surface area contributed by atoms with Crippen molar-refractivity contribution in [1.82, 2.24) is 4.90 Å². The fourth-order valence-electron chi connectivity index (χ4n) is 3.39. The fraction of sp³-hybridized carbons (Fsp3) is 0.381. The van der Waals surface area contributed by atoms with Gasteiger partial charge in [0.2, 0.25) is 0 Å². The summed E-state index contributed by atoms with van der Waals surface area (Å²) >= 11 is 0. The number of likely N-dealkylation sites (tertiary alicyclic amines) is 1. The summed E-state index contributed by atoms with van der Waals surface area (Å²) in [7, 11) is 2.18. The van der Waals surface area contributed by atoms with Crippen LogP contribution in [0.2, 0.25) is 0 Å². The summed E-state index contributed by atoms with van der Waals surface area (Å²) in [6.45, 7) is 2.35. The molecular weight excluding hydrogens is 301 g/mol. The summed E-state index contributed by atoms with van der Waals surface area (Å²) in [5.74, 6) is 0.461. The van der Waals surface area contributed by atoms with Crippen molar-refractivity contribution in [1.29, 1.82) is 0 Å². The average molecular weight is 325 g/mol. The molecule has 2 nitrogen and oxygen atoms in total. The molecule has 0 aromatic heterocycles. The van der Waals surface area contributed by atoms with Crippen LogP contribution in [0.3, 0.4) is 0 Å². The van der Waals surface area contributed by atoms with Gasteiger partial charge in [0.1, 0.15) is 5.82 Å². The predicted molar refractivity (Wildman–Crippen MR) is 94.8 cm³/mol. The molecule has 0 atom stereocenters. The van der Waals surface area contributed by atoms with Crippen LogP contribution in [0, 0.1) is 11.7 Å². The van der Waals surface area contributed by atoms with Gasteiger partial charge < -0.3 is 4.90 Å². The minimum absolute atomic E-state index is 0.0337. The maximum absolute atomic E-state index is 13.0. The van der Waals surface area contributed by atoms with Crippen LogP contribution in [0.15, 0.2) is 48.5 Å². The molecule has 24 heavy (non-hydrogen) atoms. The van der Waals surface area contributed by atoms with E-state index in [2.05, 4.69) is 24.1 Å². The van der Waals surface area contributed by atoms with Crippen molar-refractivity contribution < 1.29 is 9.18 Å². The van der Waals surface area contributed by atoms with Crippen LogP contribution in [0.25, 0.3) is 0 Å². The van der Waals surface area contributed by atoms with E-state index in [9.17, 15) is 9.18 Å². The molecule has 0 spiro atoms. The number of ketones is 1. The Morgan fingerprint density at radius 1 is 1.08 bits per heavy atom. The molecule has 3 heteroatoms. The van der Waals surface area contributed by atoms with Crippen molar-refractivity contribution in [3.8, 4) is 0 Å². The van der Waals surface area contributed by atoms with Gasteiger partial charge in [-0.25, -0.2) is 4.39 Å². The number of carbonyl (C=O) groups excluding carboxylic acids is 1. The summed E-state index contributed by atoms with van der Waals surface area (Å²) in [5, 5.41) is 0. The normalized spacial score (nSPS) is 16.2.